The van der Waals surface area contributed by atoms with Gasteiger partial charge in [0.15, 0.2) is 9.84 Å². The Kier molecular flexibility index (Phi) is 4.46. The zero-order valence-corrected chi connectivity index (χ0v) is 12.1. The number of amides is 1. The monoisotopic (exact) mass is 287 g/mol. The van der Waals surface area contributed by atoms with E-state index in [1.165, 1.54) is 12.4 Å². The van der Waals surface area contributed by atoms with Crippen LogP contribution in [-0.2, 0) is 21.1 Å². The van der Waals surface area contributed by atoms with Crippen molar-refractivity contribution in [3.63, 3.8) is 0 Å². The molecule has 0 unspecified atom stereocenters. The molecule has 0 aliphatic heterocycles. The van der Waals surface area contributed by atoms with Gasteiger partial charge in [0, 0.05) is 18.6 Å². The molecule has 0 saturated heterocycles. The molecule has 0 atom stereocenters. The number of alkyl carbamates (subject to hydrolysis) is 1. The van der Waals surface area contributed by atoms with Crippen molar-refractivity contribution >= 4 is 15.9 Å². The number of carbonyl (C=O) groups excluding carboxylic acids is 1. The zero-order chi connectivity index (χ0) is 14.7. The lowest BCUT2D eigenvalue weighted by atomic mass is 10.2. The predicted octanol–water partition coefficient (Wildman–Crippen LogP) is 0.905. The topological polar surface area (TPSA) is 98.2 Å². The second-order valence-electron chi connectivity index (χ2n) is 4.96. The van der Waals surface area contributed by atoms with E-state index in [1.807, 2.05) is 0 Å². The van der Waals surface area contributed by atoms with E-state index in [1.54, 1.807) is 20.8 Å². The molecule has 1 N–H and O–H groups in total. The molecule has 1 aromatic rings. The van der Waals surface area contributed by atoms with Crippen LogP contribution < -0.4 is 5.32 Å². The van der Waals surface area contributed by atoms with Gasteiger partial charge in [0.05, 0.1) is 6.54 Å². The Labute approximate surface area is 112 Å². The molecule has 0 spiro atoms. The minimum Gasteiger partial charge on any atom is -0.444 e. The molecule has 1 aromatic heterocycles. The lowest BCUT2D eigenvalue weighted by molar-refractivity contribution is 0.0522. The van der Waals surface area contributed by atoms with Crippen LogP contribution in [0.4, 0.5) is 4.79 Å². The molecule has 7 nitrogen and oxygen atoms in total. The van der Waals surface area contributed by atoms with Crippen LogP contribution in [0.25, 0.3) is 0 Å². The van der Waals surface area contributed by atoms with Crippen molar-refractivity contribution in [2.75, 3.05) is 6.26 Å². The van der Waals surface area contributed by atoms with Crippen LogP contribution in [0, 0.1) is 0 Å². The van der Waals surface area contributed by atoms with Crippen LogP contribution in [0.2, 0.25) is 0 Å². The van der Waals surface area contributed by atoms with E-state index in [-0.39, 0.29) is 11.4 Å². The molecule has 0 aliphatic carbocycles. The lowest BCUT2D eigenvalue weighted by Gasteiger charge is -2.19. The Bertz CT molecular complexity index is 546. The second kappa shape index (κ2) is 5.52. The highest BCUT2D eigenvalue weighted by Crippen LogP contribution is 2.07. The Hall–Kier alpha value is -1.70. The number of hydrogen-bond acceptors (Lipinski definition) is 6. The van der Waals surface area contributed by atoms with Crippen molar-refractivity contribution in [2.45, 2.75) is 37.8 Å². The van der Waals surface area contributed by atoms with Crippen LogP contribution in [-0.4, -0.2) is 36.3 Å². The van der Waals surface area contributed by atoms with Gasteiger partial charge in [-0.05, 0) is 20.8 Å². The first-order valence-corrected chi connectivity index (χ1v) is 7.45. The zero-order valence-electron chi connectivity index (χ0n) is 11.3. The van der Waals surface area contributed by atoms with Gasteiger partial charge < -0.3 is 10.1 Å². The van der Waals surface area contributed by atoms with Gasteiger partial charge in [-0.15, -0.1) is 0 Å². The molecule has 0 radical (unpaired) electrons. The molecule has 0 saturated carbocycles. The Morgan fingerprint density at radius 3 is 2.26 bits per heavy atom. The quantitative estimate of drug-likeness (QED) is 0.887. The highest BCUT2D eigenvalue weighted by atomic mass is 32.2. The van der Waals surface area contributed by atoms with E-state index in [0.717, 1.165) is 6.26 Å². The van der Waals surface area contributed by atoms with Gasteiger partial charge in [0.25, 0.3) is 0 Å². The molecule has 1 heterocycles. The fourth-order valence-corrected chi connectivity index (χ4v) is 1.58. The second-order valence-corrected chi connectivity index (χ2v) is 6.98. The first-order chi connectivity index (χ1) is 8.58. The van der Waals surface area contributed by atoms with Crippen molar-refractivity contribution in [1.82, 2.24) is 15.3 Å². The number of carbonyl (C=O) groups is 1. The van der Waals surface area contributed by atoms with Crippen molar-refractivity contribution in [3.8, 4) is 0 Å². The summed E-state index contributed by atoms with van der Waals surface area (Å²) in [6, 6.07) is 0. The SMILES string of the molecule is CC(C)(C)OC(=O)NCc1ncc(S(C)(=O)=O)cn1. The maximum Gasteiger partial charge on any atom is 0.408 e. The Morgan fingerprint density at radius 2 is 1.84 bits per heavy atom. The van der Waals surface area contributed by atoms with Gasteiger partial charge in [-0.2, -0.15) is 0 Å². The number of nitrogens with zero attached hydrogens (tertiary/aromatic N) is 2. The standard InChI is InChI=1S/C11H17N3O4S/c1-11(2,3)18-10(15)14-7-9-12-5-8(6-13-9)19(4,16)17/h5-6H,7H2,1-4H3,(H,14,15). The first kappa shape index (κ1) is 15.4. The summed E-state index contributed by atoms with van der Waals surface area (Å²) >= 11 is 0. The molecular formula is C11H17N3O4S. The van der Waals surface area contributed by atoms with Crippen LogP contribution in [0.15, 0.2) is 17.3 Å². The number of hydrogen-bond donors (Lipinski definition) is 1. The van der Waals surface area contributed by atoms with Crippen LogP contribution in [0.3, 0.4) is 0 Å². The third kappa shape index (κ3) is 5.64. The number of ether oxygens (including phenoxy) is 1. The molecule has 8 heteroatoms. The third-order valence-corrected chi connectivity index (χ3v) is 2.97. The molecule has 0 aliphatic rings. The summed E-state index contributed by atoms with van der Waals surface area (Å²) in [5.41, 5.74) is -0.578. The third-order valence-electron chi connectivity index (χ3n) is 1.90. The van der Waals surface area contributed by atoms with Crippen LogP contribution in [0.1, 0.15) is 26.6 Å². The largest absolute Gasteiger partial charge is 0.444 e. The summed E-state index contributed by atoms with van der Waals surface area (Å²) in [7, 11) is -3.31. The normalized spacial score (nSPS) is 12.0. The maximum absolute atomic E-state index is 11.4. The van der Waals surface area contributed by atoms with Crippen molar-refractivity contribution in [1.29, 1.82) is 0 Å². The van der Waals surface area contributed by atoms with Gasteiger partial charge in [-0.1, -0.05) is 0 Å². The number of aromatic nitrogens is 2. The van der Waals surface area contributed by atoms with Gasteiger partial charge in [-0.3, -0.25) is 0 Å². The molecule has 19 heavy (non-hydrogen) atoms. The molecule has 0 fully saturated rings. The summed E-state index contributed by atoms with van der Waals surface area (Å²) < 4.78 is 27.4. The summed E-state index contributed by atoms with van der Waals surface area (Å²) in [6.07, 6.45) is 2.90. The van der Waals surface area contributed by atoms with Crippen molar-refractivity contribution in [3.05, 3.63) is 18.2 Å². The van der Waals surface area contributed by atoms with Gasteiger partial charge in [-0.25, -0.2) is 23.2 Å². The Morgan fingerprint density at radius 1 is 1.32 bits per heavy atom. The van der Waals surface area contributed by atoms with E-state index in [0.29, 0.717) is 5.82 Å². The average Bonchev–Trinajstić information content (AvgIpc) is 2.23. The van der Waals surface area contributed by atoms with E-state index in [9.17, 15) is 13.2 Å². The summed E-state index contributed by atoms with van der Waals surface area (Å²) in [6.45, 7) is 5.33. The average molecular weight is 287 g/mol. The van der Waals surface area contributed by atoms with Crippen molar-refractivity contribution < 1.29 is 17.9 Å². The molecule has 1 rings (SSSR count). The predicted molar refractivity (Wildman–Crippen MR) is 68.2 cm³/mol. The van der Waals surface area contributed by atoms with Crippen molar-refractivity contribution in [2.24, 2.45) is 0 Å². The summed E-state index contributed by atoms with van der Waals surface area (Å²) in [5, 5.41) is 2.48. The van der Waals surface area contributed by atoms with Crippen LogP contribution in [0.5, 0.6) is 0 Å². The van der Waals surface area contributed by atoms with Crippen LogP contribution >= 0.6 is 0 Å². The highest BCUT2D eigenvalue weighted by Gasteiger charge is 2.16. The molecule has 106 valence electrons. The smallest absolute Gasteiger partial charge is 0.408 e. The van der Waals surface area contributed by atoms with E-state index in [2.05, 4.69) is 15.3 Å². The highest BCUT2D eigenvalue weighted by molar-refractivity contribution is 7.90. The first-order valence-electron chi connectivity index (χ1n) is 5.56. The van der Waals surface area contributed by atoms with Gasteiger partial charge >= 0.3 is 6.09 Å². The fourth-order valence-electron chi connectivity index (χ4n) is 1.09. The summed E-state index contributed by atoms with van der Waals surface area (Å²) in [5.74, 6) is 0.304. The number of rotatable bonds is 3. The lowest BCUT2D eigenvalue weighted by Crippen LogP contribution is -2.32. The van der Waals surface area contributed by atoms with Gasteiger partial charge in [0.2, 0.25) is 0 Å². The summed E-state index contributed by atoms with van der Waals surface area (Å²) in [4.78, 5) is 19.1. The number of nitrogens with one attached hydrogen (secondary N) is 1. The molecular weight excluding hydrogens is 270 g/mol. The Balaban J connectivity index is 2.58. The minimum atomic E-state index is -3.31. The fraction of sp³-hybridized carbons (Fsp3) is 0.545. The maximum atomic E-state index is 11.4. The molecule has 1 amide bonds. The molecule has 0 bridgehead atoms. The van der Waals surface area contributed by atoms with E-state index in [4.69, 9.17) is 4.74 Å². The minimum absolute atomic E-state index is 0.0357. The van der Waals surface area contributed by atoms with E-state index >= 15 is 0 Å². The molecule has 0 aromatic carbocycles. The number of sulfone groups is 1. The van der Waals surface area contributed by atoms with E-state index < -0.39 is 21.5 Å². The van der Waals surface area contributed by atoms with Gasteiger partial charge in [0.1, 0.15) is 16.3 Å².